The van der Waals surface area contributed by atoms with Crippen LogP contribution in [0.3, 0.4) is 0 Å². The summed E-state index contributed by atoms with van der Waals surface area (Å²) in [5.74, 6) is -1.50. The van der Waals surface area contributed by atoms with Crippen LogP contribution in [-0.2, 0) is 19.1 Å². The number of hydrogen-bond acceptors (Lipinski definition) is 9. The SMILES string of the molecule is CCOC(=O)C(C(=O)OCC)=C1SC(c2cnccn2)=C(C(C)O)S1. The Morgan fingerprint density at radius 1 is 1.16 bits per heavy atom. The molecule has 0 spiro atoms. The smallest absolute Gasteiger partial charge is 0.347 e. The van der Waals surface area contributed by atoms with Gasteiger partial charge in [0.25, 0.3) is 0 Å². The van der Waals surface area contributed by atoms with Crippen molar-refractivity contribution in [1.29, 1.82) is 0 Å². The average molecular weight is 382 g/mol. The first kappa shape index (κ1) is 19.5. The van der Waals surface area contributed by atoms with E-state index in [2.05, 4.69) is 9.97 Å². The van der Waals surface area contributed by atoms with Crippen molar-refractivity contribution in [3.05, 3.63) is 39.0 Å². The Labute approximate surface area is 153 Å². The van der Waals surface area contributed by atoms with Crippen LogP contribution in [0.15, 0.2) is 33.3 Å². The van der Waals surface area contributed by atoms with Gasteiger partial charge in [-0.2, -0.15) is 0 Å². The van der Waals surface area contributed by atoms with E-state index < -0.39 is 18.0 Å². The van der Waals surface area contributed by atoms with Crippen LogP contribution >= 0.6 is 23.5 Å². The van der Waals surface area contributed by atoms with E-state index in [1.54, 1.807) is 27.0 Å². The zero-order valence-corrected chi connectivity index (χ0v) is 15.6. The van der Waals surface area contributed by atoms with Crippen molar-refractivity contribution in [2.45, 2.75) is 26.9 Å². The summed E-state index contributed by atoms with van der Waals surface area (Å²) in [6.07, 6.45) is 3.84. The second kappa shape index (κ2) is 9.02. The summed E-state index contributed by atoms with van der Waals surface area (Å²) in [7, 11) is 0. The van der Waals surface area contributed by atoms with E-state index in [0.29, 0.717) is 19.7 Å². The van der Waals surface area contributed by atoms with E-state index in [1.165, 1.54) is 24.2 Å². The van der Waals surface area contributed by atoms with E-state index in [1.807, 2.05) is 0 Å². The molecule has 1 aromatic heterocycles. The molecule has 1 N–H and O–H groups in total. The Morgan fingerprint density at radius 3 is 2.28 bits per heavy atom. The quantitative estimate of drug-likeness (QED) is 0.344. The molecule has 0 aromatic carbocycles. The van der Waals surface area contributed by atoms with Gasteiger partial charge in [0.15, 0.2) is 5.57 Å². The van der Waals surface area contributed by atoms with Crippen LogP contribution in [0.25, 0.3) is 4.91 Å². The minimum absolute atomic E-state index is 0.137. The summed E-state index contributed by atoms with van der Waals surface area (Å²) in [5.41, 5.74) is 0.383. The van der Waals surface area contributed by atoms with E-state index >= 15 is 0 Å². The van der Waals surface area contributed by atoms with Crippen LogP contribution < -0.4 is 0 Å². The molecule has 1 atom stereocenters. The summed E-state index contributed by atoms with van der Waals surface area (Å²) in [4.78, 5) is 34.0. The van der Waals surface area contributed by atoms with Crippen molar-refractivity contribution in [2.24, 2.45) is 0 Å². The third-order valence-electron chi connectivity index (χ3n) is 2.96. The predicted molar refractivity (Wildman–Crippen MR) is 96.1 cm³/mol. The number of hydrogen-bond donors (Lipinski definition) is 1. The predicted octanol–water partition coefficient (Wildman–Crippen LogP) is 2.34. The molecule has 2 rings (SSSR count). The molecule has 1 unspecified atom stereocenters. The van der Waals surface area contributed by atoms with Crippen LogP contribution in [0, 0.1) is 0 Å². The molecule has 0 amide bonds. The fourth-order valence-corrected chi connectivity index (χ4v) is 4.65. The zero-order valence-electron chi connectivity index (χ0n) is 14.0. The number of aromatic nitrogens is 2. The van der Waals surface area contributed by atoms with Gasteiger partial charge < -0.3 is 14.6 Å². The molecule has 2 heterocycles. The lowest BCUT2D eigenvalue weighted by molar-refractivity contribution is -0.146. The third-order valence-corrected chi connectivity index (χ3v) is 5.77. The number of nitrogens with zero attached hydrogens (tertiary/aromatic N) is 2. The van der Waals surface area contributed by atoms with Crippen molar-refractivity contribution in [1.82, 2.24) is 9.97 Å². The van der Waals surface area contributed by atoms with E-state index in [9.17, 15) is 14.7 Å². The summed E-state index contributed by atoms with van der Waals surface area (Å²) in [6.45, 7) is 5.20. The van der Waals surface area contributed by atoms with Crippen LogP contribution in [0.4, 0.5) is 0 Å². The number of ether oxygens (including phenoxy) is 2. The number of aliphatic hydroxyl groups is 1. The molecule has 0 fully saturated rings. The summed E-state index contributed by atoms with van der Waals surface area (Å²) in [5, 5.41) is 10.1. The van der Waals surface area contributed by atoms with Crippen LogP contribution in [-0.4, -0.2) is 46.3 Å². The molecule has 0 saturated heterocycles. The largest absolute Gasteiger partial charge is 0.462 e. The number of esters is 2. The maximum Gasteiger partial charge on any atom is 0.347 e. The second-order valence-electron chi connectivity index (χ2n) is 4.77. The zero-order chi connectivity index (χ0) is 18.4. The van der Waals surface area contributed by atoms with Gasteiger partial charge in [-0.15, -0.1) is 0 Å². The first-order valence-corrected chi connectivity index (χ1v) is 9.25. The van der Waals surface area contributed by atoms with E-state index in [-0.39, 0.29) is 18.8 Å². The van der Waals surface area contributed by atoms with Gasteiger partial charge in [-0.1, -0.05) is 23.5 Å². The van der Waals surface area contributed by atoms with Gasteiger partial charge >= 0.3 is 11.9 Å². The molecular weight excluding hydrogens is 364 g/mol. The minimum atomic E-state index is -0.794. The van der Waals surface area contributed by atoms with E-state index in [4.69, 9.17) is 9.47 Å². The molecule has 1 aromatic rings. The molecule has 25 heavy (non-hydrogen) atoms. The van der Waals surface area contributed by atoms with Gasteiger partial charge in [0.05, 0.1) is 40.4 Å². The first-order valence-electron chi connectivity index (χ1n) is 7.62. The fraction of sp³-hybridized carbons (Fsp3) is 0.375. The highest BCUT2D eigenvalue weighted by Crippen LogP contribution is 2.55. The lowest BCUT2D eigenvalue weighted by Gasteiger charge is -2.09. The molecule has 0 aliphatic carbocycles. The van der Waals surface area contributed by atoms with Crippen molar-refractivity contribution in [2.75, 3.05) is 13.2 Å². The monoisotopic (exact) mass is 382 g/mol. The van der Waals surface area contributed by atoms with Crippen LogP contribution in [0.5, 0.6) is 0 Å². The lowest BCUT2D eigenvalue weighted by atomic mass is 10.3. The van der Waals surface area contributed by atoms with E-state index in [0.717, 1.165) is 11.8 Å². The van der Waals surface area contributed by atoms with Crippen molar-refractivity contribution in [3.63, 3.8) is 0 Å². The average Bonchev–Trinajstić information content (AvgIpc) is 3.01. The molecule has 0 bridgehead atoms. The molecule has 9 heteroatoms. The molecule has 0 saturated carbocycles. The number of rotatable bonds is 6. The number of thioether (sulfide) groups is 2. The topological polar surface area (TPSA) is 98.6 Å². The lowest BCUT2D eigenvalue weighted by Crippen LogP contribution is -2.19. The molecule has 7 nitrogen and oxygen atoms in total. The van der Waals surface area contributed by atoms with Gasteiger partial charge in [-0.3, -0.25) is 9.97 Å². The molecule has 134 valence electrons. The highest BCUT2D eigenvalue weighted by Gasteiger charge is 2.34. The standard InChI is InChI=1S/C16H18N2O5S2/c1-4-22-14(20)11(15(21)23-5-2)16-24-12(9(3)19)13(25-16)10-8-17-6-7-18-10/h6-9,19H,4-5H2,1-3H3. The highest BCUT2D eigenvalue weighted by atomic mass is 32.2. The summed E-state index contributed by atoms with van der Waals surface area (Å²) >= 11 is 2.32. The maximum atomic E-state index is 12.2. The Bertz CT molecular complexity index is 696. The summed E-state index contributed by atoms with van der Waals surface area (Å²) in [6, 6.07) is 0. The van der Waals surface area contributed by atoms with Crippen molar-refractivity contribution < 1.29 is 24.2 Å². The second-order valence-corrected chi connectivity index (χ2v) is 7.10. The Balaban J connectivity index is 2.46. The normalized spacial score (nSPS) is 15.1. The van der Waals surface area contributed by atoms with Gasteiger partial charge in [0, 0.05) is 17.3 Å². The summed E-state index contributed by atoms with van der Waals surface area (Å²) < 4.78 is 10.4. The Hall–Kier alpha value is -1.84. The molecule has 0 radical (unpaired) electrons. The highest BCUT2D eigenvalue weighted by molar-refractivity contribution is 8.31. The number of carbonyl (C=O) groups excluding carboxylic acids is 2. The van der Waals surface area contributed by atoms with Gasteiger partial charge in [0.2, 0.25) is 0 Å². The maximum absolute atomic E-state index is 12.2. The Kier molecular flexibility index (Phi) is 7.03. The fourth-order valence-electron chi connectivity index (χ4n) is 1.94. The van der Waals surface area contributed by atoms with Gasteiger partial charge in [0.1, 0.15) is 0 Å². The Morgan fingerprint density at radius 2 is 1.80 bits per heavy atom. The third kappa shape index (κ3) is 4.62. The first-order chi connectivity index (χ1) is 12.0. The number of aliphatic hydroxyl groups excluding tert-OH is 1. The van der Waals surface area contributed by atoms with Gasteiger partial charge in [-0.25, -0.2) is 9.59 Å². The van der Waals surface area contributed by atoms with Crippen LogP contribution in [0.2, 0.25) is 0 Å². The number of carbonyl (C=O) groups is 2. The van der Waals surface area contributed by atoms with Crippen molar-refractivity contribution >= 4 is 40.4 Å². The van der Waals surface area contributed by atoms with Crippen molar-refractivity contribution in [3.8, 4) is 0 Å². The van der Waals surface area contributed by atoms with Gasteiger partial charge in [-0.05, 0) is 20.8 Å². The molecule has 1 aliphatic rings. The molecular formula is C16H18N2O5S2. The van der Waals surface area contributed by atoms with Crippen LogP contribution in [0.1, 0.15) is 26.5 Å². The minimum Gasteiger partial charge on any atom is -0.462 e. The molecule has 1 aliphatic heterocycles.